The van der Waals surface area contributed by atoms with E-state index in [1.165, 1.54) is 17.8 Å². The lowest BCUT2D eigenvalue weighted by molar-refractivity contribution is 0.271. The summed E-state index contributed by atoms with van der Waals surface area (Å²) in [5.74, 6) is -1.52. The SMILES string of the molecule is Cn1c(CO)cnc1S(=O)(=O)C1CCc2c(F)cc(F)cc21. The van der Waals surface area contributed by atoms with Crippen molar-refractivity contribution in [2.75, 3.05) is 0 Å². The molecule has 0 spiro atoms. The van der Waals surface area contributed by atoms with Gasteiger partial charge in [-0.25, -0.2) is 22.2 Å². The molecule has 1 aliphatic carbocycles. The van der Waals surface area contributed by atoms with Crippen molar-refractivity contribution in [3.63, 3.8) is 0 Å². The van der Waals surface area contributed by atoms with Crippen LogP contribution in [-0.2, 0) is 29.9 Å². The molecule has 5 nitrogen and oxygen atoms in total. The van der Waals surface area contributed by atoms with Crippen molar-refractivity contribution in [3.05, 3.63) is 46.8 Å². The summed E-state index contributed by atoms with van der Waals surface area (Å²) in [5, 5.41) is 7.90. The third kappa shape index (κ3) is 2.14. The third-order valence-electron chi connectivity index (χ3n) is 4.03. The topological polar surface area (TPSA) is 72.2 Å². The molecule has 0 saturated heterocycles. The molecule has 8 heteroatoms. The molecular weight excluding hydrogens is 314 g/mol. The number of aliphatic hydroxyl groups excluding tert-OH is 1. The Balaban J connectivity index is 2.12. The van der Waals surface area contributed by atoms with Gasteiger partial charge >= 0.3 is 0 Å². The van der Waals surface area contributed by atoms with E-state index in [0.717, 1.165) is 12.1 Å². The smallest absolute Gasteiger partial charge is 0.228 e. The third-order valence-corrected chi connectivity index (χ3v) is 6.16. The van der Waals surface area contributed by atoms with Crippen LogP contribution in [0.3, 0.4) is 0 Å². The normalized spacial score (nSPS) is 17.7. The van der Waals surface area contributed by atoms with Gasteiger partial charge in [0.05, 0.1) is 23.7 Å². The number of imidazole rings is 1. The van der Waals surface area contributed by atoms with E-state index in [-0.39, 0.29) is 35.7 Å². The second-order valence-electron chi connectivity index (χ2n) is 5.28. The number of hydrogen-bond acceptors (Lipinski definition) is 4. The lowest BCUT2D eigenvalue weighted by Gasteiger charge is -2.13. The molecule has 0 bridgehead atoms. The molecule has 1 atom stereocenters. The summed E-state index contributed by atoms with van der Waals surface area (Å²) >= 11 is 0. The predicted molar refractivity (Wildman–Crippen MR) is 73.7 cm³/mol. The Kier molecular flexibility index (Phi) is 3.53. The van der Waals surface area contributed by atoms with Gasteiger partial charge in [-0.2, -0.15) is 0 Å². The fourth-order valence-corrected chi connectivity index (χ4v) is 4.82. The van der Waals surface area contributed by atoms with Crippen LogP contribution in [0.2, 0.25) is 0 Å². The van der Waals surface area contributed by atoms with Crippen LogP contribution < -0.4 is 0 Å². The summed E-state index contributed by atoms with van der Waals surface area (Å²) in [7, 11) is -2.42. The molecule has 1 heterocycles. The number of aliphatic hydroxyl groups is 1. The summed E-state index contributed by atoms with van der Waals surface area (Å²) in [6.07, 6.45) is 1.69. The zero-order chi connectivity index (χ0) is 16.1. The molecule has 0 amide bonds. The Labute approximate surface area is 126 Å². The van der Waals surface area contributed by atoms with Crippen molar-refractivity contribution in [1.82, 2.24) is 9.55 Å². The van der Waals surface area contributed by atoms with Crippen LogP contribution in [0.5, 0.6) is 0 Å². The molecule has 0 radical (unpaired) electrons. The minimum absolute atomic E-state index is 0.158. The average molecular weight is 328 g/mol. The van der Waals surface area contributed by atoms with E-state index in [1.807, 2.05) is 0 Å². The number of rotatable bonds is 3. The fraction of sp³-hybridized carbons (Fsp3) is 0.357. The van der Waals surface area contributed by atoms with Gasteiger partial charge in [0.15, 0.2) is 0 Å². The Hall–Kier alpha value is -1.80. The quantitative estimate of drug-likeness (QED) is 0.930. The Morgan fingerprint density at radius 2 is 2.14 bits per heavy atom. The molecule has 0 saturated carbocycles. The second-order valence-corrected chi connectivity index (χ2v) is 7.30. The number of hydrogen-bond donors (Lipinski definition) is 1. The van der Waals surface area contributed by atoms with E-state index in [2.05, 4.69) is 4.98 Å². The Morgan fingerprint density at radius 3 is 2.77 bits per heavy atom. The molecule has 0 aliphatic heterocycles. The number of nitrogens with zero attached hydrogens (tertiary/aromatic N) is 2. The molecule has 1 aromatic heterocycles. The maximum absolute atomic E-state index is 13.8. The van der Waals surface area contributed by atoms with Gasteiger partial charge in [-0.05, 0) is 30.0 Å². The first kappa shape index (κ1) is 15.1. The molecule has 1 N–H and O–H groups in total. The highest BCUT2D eigenvalue weighted by Gasteiger charge is 2.39. The van der Waals surface area contributed by atoms with Crippen LogP contribution in [0.15, 0.2) is 23.5 Å². The highest BCUT2D eigenvalue weighted by Crippen LogP contribution is 2.41. The van der Waals surface area contributed by atoms with Gasteiger partial charge in [0.1, 0.15) is 11.6 Å². The predicted octanol–water partition coefficient (Wildman–Crippen LogP) is 1.65. The number of halogens is 2. The first-order chi connectivity index (χ1) is 10.4. The van der Waals surface area contributed by atoms with Crippen LogP contribution in [0.4, 0.5) is 8.78 Å². The number of sulfone groups is 1. The second kappa shape index (κ2) is 5.13. The van der Waals surface area contributed by atoms with Crippen LogP contribution in [0.1, 0.15) is 28.5 Å². The van der Waals surface area contributed by atoms with Crippen LogP contribution in [0, 0.1) is 11.6 Å². The molecule has 1 aliphatic rings. The first-order valence-corrected chi connectivity index (χ1v) is 8.24. The maximum atomic E-state index is 13.8. The minimum Gasteiger partial charge on any atom is -0.390 e. The van der Waals surface area contributed by atoms with Gasteiger partial charge in [-0.15, -0.1) is 0 Å². The largest absolute Gasteiger partial charge is 0.390 e. The van der Waals surface area contributed by atoms with Crippen LogP contribution in [0.25, 0.3) is 0 Å². The molecule has 1 unspecified atom stereocenters. The van der Waals surface area contributed by atoms with Gasteiger partial charge in [-0.1, -0.05) is 0 Å². The van der Waals surface area contributed by atoms with E-state index in [9.17, 15) is 17.2 Å². The summed E-state index contributed by atoms with van der Waals surface area (Å²) in [5.41, 5.74) is 0.750. The minimum atomic E-state index is -3.90. The van der Waals surface area contributed by atoms with Crippen LogP contribution in [-0.4, -0.2) is 23.1 Å². The van der Waals surface area contributed by atoms with Crippen molar-refractivity contribution in [1.29, 1.82) is 0 Å². The molecule has 2 aromatic rings. The molecule has 1 aromatic carbocycles. The highest BCUT2D eigenvalue weighted by atomic mass is 32.2. The molecule has 0 fully saturated rings. The lowest BCUT2D eigenvalue weighted by atomic mass is 10.1. The van der Waals surface area contributed by atoms with Crippen molar-refractivity contribution in [3.8, 4) is 0 Å². The van der Waals surface area contributed by atoms with Crippen molar-refractivity contribution < 1.29 is 22.3 Å². The van der Waals surface area contributed by atoms with Gasteiger partial charge in [-0.3, -0.25) is 0 Å². The summed E-state index contributed by atoms with van der Waals surface area (Å²) in [6, 6.07) is 1.84. The zero-order valence-corrected chi connectivity index (χ0v) is 12.6. The average Bonchev–Trinajstić information content (AvgIpc) is 3.02. The fourth-order valence-electron chi connectivity index (χ4n) is 2.89. The monoisotopic (exact) mass is 328 g/mol. The standard InChI is InChI=1S/C14H14F2N2O3S/c1-18-9(7-19)6-17-14(18)22(20,21)13-3-2-10-11(13)4-8(15)5-12(10)16/h4-6,13,19H,2-3,7H2,1H3. The van der Waals surface area contributed by atoms with Crippen molar-refractivity contribution in [2.24, 2.45) is 7.05 Å². The van der Waals surface area contributed by atoms with Gasteiger partial charge in [0.25, 0.3) is 0 Å². The van der Waals surface area contributed by atoms with Crippen molar-refractivity contribution >= 4 is 9.84 Å². The van der Waals surface area contributed by atoms with E-state index in [4.69, 9.17) is 5.11 Å². The Bertz CT molecular complexity index is 846. The van der Waals surface area contributed by atoms with Gasteiger partial charge < -0.3 is 9.67 Å². The zero-order valence-electron chi connectivity index (χ0n) is 11.8. The number of fused-ring (bicyclic) bond motifs is 1. The molecule has 3 rings (SSSR count). The van der Waals surface area contributed by atoms with E-state index in [1.54, 1.807) is 0 Å². The van der Waals surface area contributed by atoms with E-state index >= 15 is 0 Å². The number of aromatic nitrogens is 2. The summed E-state index contributed by atoms with van der Waals surface area (Å²) in [4.78, 5) is 3.85. The summed E-state index contributed by atoms with van der Waals surface area (Å²) in [6.45, 7) is -0.344. The van der Waals surface area contributed by atoms with E-state index in [0.29, 0.717) is 5.69 Å². The maximum Gasteiger partial charge on any atom is 0.228 e. The van der Waals surface area contributed by atoms with Gasteiger partial charge in [0.2, 0.25) is 15.0 Å². The first-order valence-electron chi connectivity index (χ1n) is 6.69. The van der Waals surface area contributed by atoms with Gasteiger partial charge in [0, 0.05) is 13.1 Å². The molecule has 22 heavy (non-hydrogen) atoms. The highest BCUT2D eigenvalue weighted by molar-refractivity contribution is 7.91. The lowest BCUT2D eigenvalue weighted by Crippen LogP contribution is -2.16. The van der Waals surface area contributed by atoms with E-state index < -0.39 is 26.7 Å². The Morgan fingerprint density at radius 1 is 1.41 bits per heavy atom. The number of benzene rings is 1. The summed E-state index contributed by atoms with van der Waals surface area (Å²) < 4.78 is 54.0. The molecule has 118 valence electrons. The van der Waals surface area contributed by atoms with Crippen LogP contribution >= 0.6 is 0 Å². The molecular formula is C14H14F2N2O3S. The van der Waals surface area contributed by atoms with Crippen molar-refractivity contribution in [2.45, 2.75) is 29.9 Å².